The molecule has 0 aliphatic carbocycles. The molecule has 0 radical (unpaired) electrons. The number of ether oxygens (including phenoxy) is 2. The molecule has 1 amide bonds. The quantitative estimate of drug-likeness (QED) is 0.647. The lowest BCUT2D eigenvalue weighted by Gasteiger charge is -2.19. The number of amides is 1. The normalized spacial score (nSPS) is 14.2. The zero-order valence-corrected chi connectivity index (χ0v) is 8.79. The van der Waals surface area contributed by atoms with E-state index in [4.69, 9.17) is 15.2 Å². The van der Waals surface area contributed by atoms with E-state index in [2.05, 4.69) is 0 Å². The van der Waals surface area contributed by atoms with Crippen LogP contribution in [-0.2, 0) is 14.3 Å². The highest BCUT2D eigenvalue weighted by molar-refractivity contribution is 5.78. The van der Waals surface area contributed by atoms with Gasteiger partial charge in [0.2, 0.25) is 5.91 Å². The van der Waals surface area contributed by atoms with Crippen molar-refractivity contribution in [2.24, 2.45) is 5.73 Å². The van der Waals surface area contributed by atoms with Gasteiger partial charge >= 0.3 is 0 Å². The first-order valence-corrected chi connectivity index (χ1v) is 4.38. The van der Waals surface area contributed by atoms with Gasteiger partial charge in [0.25, 0.3) is 0 Å². The second-order valence-electron chi connectivity index (χ2n) is 3.88. The molecule has 78 valence electrons. The van der Waals surface area contributed by atoms with Crippen molar-refractivity contribution >= 4 is 5.91 Å². The third-order valence-corrected chi connectivity index (χ3v) is 1.39. The van der Waals surface area contributed by atoms with Crippen molar-refractivity contribution in [2.75, 3.05) is 13.2 Å². The van der Waals surface area contributed by atoms with Crippen LogP contribution < -0.4 is 5.73 Å². The molecule has 0 heterocycles. The van der Waals surface area contributed by atoms with Crippen LogP contribution in [0.25, 0.3) is 0 Å². The Morgan fingerprint density at radius 2 is 1.92 bits per heavy atom. The van der Waals surface area contributed by atoms with Crippen molar-refractivity contribution in [2.45, 2.75) is 39.4 Å². The van der Waals surface area contributed by atoms with Crippen LogP contribution in [0, 0.1) is 0 Å². The predicted molar refractivity (Wildman–Crippen MR) is 50.3 cm³/mol. The first kappa shape index (κ1) is 12.4. The fourth-order valence-electron chi connectivity index (χ4n) is 0.655. The highest BCUT2D eigenvalue weighted by Crippen LogP contribution is 2.05. The molecule has 0 spiro atoms. The summed E-state index contributed by atoms with van der Waals surface area (Å²) in [5.74, 6) is -0.448. The molecular weight excluding hydrogens is 170 g/mol. The molecule has 0 saturated carbocycles. The van der Waals surface area contributed by atoms with Gasteiger partial charge in [-0.05, 0) is 27.7 Å². The van der Waals surface area contributed by atoms with Gasteiger partial charge in [-0.2, -0.15) is 0 Å². The molecule has 0 aromatic rings. The number of hydrogen-bond donors (Lipinski definition) is 1. The minimum atomic E-state index is -0.538. The van der Waals surface area contributed by atoms with Crippen LogP contribution in [-0.4, -0.2) is 30.8 Å². The van der Waals surface area contributed by atoms with Gasteiger partial charge in [-0.3, -0.25) is 4.79 Å². The van der Waals surface area contributed by atoms with Crippen LogP contribution in [0.2, 0.25) is 0 Å². The van der Waals surface area contributed by atoms with Crippen molar-refractivity contribution in [3.63, 3.8) is 0 Å². The molecule has 0 rings (SSSR count). The van der Waals surface area contributed by atoms with Crippen molar-refractivity contribution in [1.82, 2.24) is 0 Å². The molecule has 2 N–H and O–H groups in total. The summed E-state index contributed by atoms with van der Waals surface area (Å²) in [7, 11) is 0. The maximum absolute atomic E-state index is 10.5. The molecule has 0 fully saturated rings. The molecule has 0 bridgehead atoms. The molecular formula is C9H19NO3. The fraction of sp³-hybridized carbons (Fsp3) is 0.889. The Labute approximate surface area is 79.4 Å². The molecule has 4 nitrogen and oxygen atoms in total. The Hall–Kier alpha value is -0.610. The van der Waals surface area contributed by atoms with Crippen molar-refractivity contribution in [3.8, 4) is 0 Å². The Morgan fingerprint density at radius 1 is 1.38 bits per heavy atom. The van der Waals surface area contributed by atoms with Gasteiger partial charge in [0.05, 0.1) is 18.8 Å². The van der Waals surface area contributed by atoms with E-state index in [1.807, 2.05) is 20.8 Å². The zero-order valence-electron chi connectivity index (χ0n) is 8.79. The standard InChI is InChI=1S/C9H19NO3/c1-7(8(10)11)12-5-6-13-9(2,3)4/h7H,5-6H2,1-4H3,(H2,10,11). The molecule has 13 heavy (non-hydrogen) atoms. The third-order valence-electron chi connectivity index (χ3n) is 1.39. The smallest absolute Gasteiger partial charge is 0.246 e. The summed E-state index contributed by atoms with van der Waals surface area (Å²) in [5.41, 5.74) is 4.83. The van der Waals surface area contributed by atoms with Gasteiger partial charge in [0, 0.05) is 0 Å². The van der Waals surface area contributed by atoms with Crippen LogP contribution >= 0.6 is 0 Å². The highest BCUT2D eigenvalue weighted by Gasteiger charge is 2.11. The molecule has 1 unspecified atom stereocenters. The first-order valence-electron chi connectivity index (χ1n) is 4.38. The fourth-order valence-corrected chi connectivity index (χ4v) is 0.655. The van der Waals surface area contributed by atoms with Crippen molar-refractivity contribution in [1.29, 1.82) is 0 Å². The van der Waals surface area contributed by atoms with E-state index in [1.54, 1.807) is 6.92 Å². The second-order valence-corrected chi connectivity index (χ2v) is 3.88. The summed E-state index contributed by atoms with van der Waals surface area (Å²) >= 11 is 0. The van der Waals surface area contributed by atoms with E-state index in [0.717, 1.165) is 0 Å². The molecule has 0 saturated heterocycles. The lowest BCUT2D eigenvalue weighted by Crippen LogP contribution is -2.30. The molecule has 1 atom stereocenters. The van der Waals surface area contributed by atoms with E-state index in [-0.39, 0.29) is 5.60 Å². The number of rotatable bonds is 5. The summed E-state index contributed by atoms with van der Waals surface area (Å²) in [6, 6.07) is 0. The minimum Gasteiger partial charge on any atom is -0.373 e. The van der Waals surface area contributed by atoms with Crippen LogP contribution in [0.4, 0.5) is 0 Å². The zero-order chi connectivity index (χ0) is 10.5. The number of hydrogen-bond acceptors (Lipinski definition) is 3. The summed E-state index contributed by atoms with van der Waals surface area (Å²) in [6.45, 7) is 8.38. The molecule has 0 aliphatic heterocycles. The third kappa shape index (κ3) is 7.74. The van der Waals surface area contributed by atoms with Crippen LogP contribution in [0.1, 0.15) is 27.7 Å². The van der Waals surface area contributed by atoms with E-state index >= 15 is 0 Å². The molecule has 4 heteroatoms. The Morgan fingerprint density at radius 3 is 2.31 bits per heavy atom. The number of primary amides is 1. The van der Waals surface area contributed by atoms with Gasteiger partial charge in [0.1, 0.15) is 6.10 Å². The number of nitrogens with two attached hydrogens (primary N) is 1. The van der Waals surface area contributed by atoms with Crippen molar-refractivity contribution in [3.05, 3.63) is 0 Å². The van der Waals surface area contributed by atoms with Gasteiger partial charge in [-0.1, -0.05) is 0 Å². The van der Waals surface area contributed by atoms with Gasteiger partial charge in [-0.25, -0.2) is 0 Å². The minimum absolute atomic E-state index is 0.167. The van der Waals surface area contributed by atoms with Crippen molar-refractivity contribution < 1.29 is 14.3 Å². The maximum atomic E-state index is 10.5. The van der Waals surface area contributed by atoms with Crippen LogP contribution in [0.3, 0.4) is 0 Å². The predicted octanol–water partition coefficient (Wildman–Crippen LogP) is 0.692. The van der Waals surface area contributed by atoms with E-state index in [1.165, 1.54) is 0 Å². The molecule has 0 aromatic carbocycles. The first-order chi connectivity index (χ1) is 5.83. The van der Waals surface area contributed by atoms with Gasteiger partial charge in [0.15, 0.2) is 0 Å². The SMILES string of the molecule is CC(OCCOC(C)(C)C)C(N)=O. The monoisotopic (exact) mass is 189 g/mol. The Bertz CT molecular complexity index is 163. The van der Waals surface area contributed by atoms with E-state index < -0.39 is 12.0 Å². The summed E-state index contributed by atoms with van der Waals surface area (Å²) < 4.78 is 10.5. The topological polar surface area (TPSA) is 61.6 Å². The maximum Gasteiger partial charge on any atom is 0.246 e. The van der Waals surface area contributed by atoms with Crippen LogP contribution in [0.15, 0.2) is 0 Å². The summed E-state index contributed by atoms with van der Waals surface area (Å²) in [4.78, 5) is 10.5. The van der Waals surface area contributed by atoms with Gasteiger partial charge < -0.3 is 15.2 Å². The lowest BCUT2D eigenvalue weighted by molar-refractivity contribution is -0.130. The van der Waals surface area contributed by atoms with Gasteiger partial charge in [-0.15, -0.1) is 0 Å². The van der Waals surface area contributed by atoms with E-state index in [0.29, 0.717) is 13.2 Å². The summed E-state index contributed by atoms with van der Waals surface area (Å²) in [6.07, 6.45) is -0.538. The average Bonchev–Trinajstić information content (AvgIpc) is 1.95. The largest absolute Gasteiger partial charge is 0.373 e. The Kier molecular flexibility index (Phi) is 4.95. The Balaban J connectivity index is 3.41. The number of carbonyl (C=O) groups is 1. The molecule has 0 aromatic heterocycles. The molecule has 0 aliphatic rings. The number of carbonyl (C=O) groups excluding carboxylic acids is 1. The van der Waals surface area contributed by atoms with Crippen LogP contribution in [0.5, 0.6) is 0 Å². The summed E-state index contributed by atoms with van der Waals surface area (Å²) in [5, 5.41) is 0. The van der Waals surface area contributed by atoms with E-state index in [9.17, 15) is 4.79 Å². The highest BCUT2D eigenvalue weighted by atomic mass is 16.5. The lowest BCUT2D eigenvalue weighted by atomic mass is 10.2. The average molecular weight is 189 g/mol. The second kappa shape index (κ2) is 5.19.